The van der Waals surface area contributed by atoms with Gasteiger partial charge in [0.05, 0.1) is 0 Å². The van der Waals surface area contributed by atoms with Crippen molar-refractivity contribution in [1.82, 2.24) is 15.1 Å². The Kier molecular flexibility index (Phi) is 7.84. The molecular weight excluding hydrogens is 559 g/mol. The van der Waals surface area contributed by atoms with Gasteiger partial charge in [-0.1, -0.05) is 0 Å². The Morgan fingerprint density at radius 3 is 2.52 bits per heavy atom. The molecule has 8 nitrogen and oxygen atoms in total. The summed E-state index contributed by atoms with van der Waals surface area (Å²) >= 11 is 0. The molecule has 3 N–H and O–H groups in total. The second kappa shape index (κ2) is 11.9. The number of hydrogen-bond acceptors (Lipinski definition) is 7. The van der Waals surface area contributed by atoms with Crippen molar-refractivity contribution in [2.75, 3.05) is 62.0 Å². The number of nitrogens with one attached hydrogen (secondary N) is 3. The molecule has 0 bridgehead atoms. The molecule has 0 unspecified atom stereocenters. The van der Waals surface area contributed by atoms with E-state index in [0.717, 1.165) is 75.2 Å². The predicted octanol–water partition coefficient (Wildman–Crippen LogP) is 1.96. The SMILES string of the molecule is [B]c1c(Cc2cc(F)cc(F)c2)c2c3c(n[nH]c3c1[B])NC(c1ccc(N3CCN(C)CC3)cc1NC1CCOCC1)=BO2. The van der Waals surface area contributed by atoms with Crippen molar-refractivity contribution in [2.45, 2.75) is 25.3 Å². The van der Waals surface area contributed by atoms with E-state index in [1.54, 1.807) is 7.12 Å². The van der Waals surface area contributed by atoms with Crippen LogP contribution in [-0.4, -0.2) is 96.0 Å². The maximum absolute atomic E-state index is 14.1. The number of likely N-dealkylation sites (N-methyl/N-ethyl adjacent to an activating group) is 1. The van der Waals surface area contributed by atoms with E-state index in [1.165, 1.54) is 12.1 Å². The number of anilines is 3. The molecule has 2 fully saturated rings. The second-order valence-electron chi connectivity index (χ2n) is 11.7. The number of ether oxygens (including phenoxy) is 1. The van der Waals surface area contributed by atoms with Crippen molar-refractivity contribution >= 4 is 67.4 Å². The first-order chi connectivity index (χ1) is 21.3. The van der Waals surface area contributed by atoms with Crippen LogP contribution in [0.25, 0.3) is 10.9 Å². The Morgan fingerprint density at radius 1 is 1.02 bits per heavy atom. The van der Waals surface area contributed by atoms with E-state index >= 15 is 0 Å². The van der Waals surface area contributed by atoms with Gasteiger partial charge in [-0.15, -0.1) is 0 Å². The zero-order chi connectivity index (χ0) is 30.4. The zero-order valence-corrected chi connectivity index (χ0v) is 24.6. The zero-order valence-electron chi connectivity index (χ0n) is 24.6. The average Bonchev–Trinajstić information content (AvgIpc) is 3.33. The van der Waals surface area contributed by atoms with Gasteiger partial charge in [-0.25, -0.2) is 0 Å². The van der Waals surface area contributed by atoms with Crippen LogP contribution in [0, 0.1) is 11.6 Å². The number of benzene rings is 3. The van der Waals surface area contributed by atoms with Gasteiger partial charge < -0.3 is 0 Å². The third kappa shape index (κ3) is 5.59. The molecule has 13 heteroatoms. The van der Waals surface area contributed by atoms with Gasteiger partial charge in [0.25, 0.3) is 0 Å². The number of rotatable bonds is 6. The fourth-order valence-corrected chi connectivity index (χ4v) is 6.26. The summed E-state index contributed by atoms with van der Waals surface area (Å²) in [6, 6.07) is 10.1. The van der Waals surface area contributed by atoms with E-state index in [4.69, 9.17) is 25.1 Å². The van der Waals surface area contributed by atoms with E-state index in [-0.39, 0.29) is 17.9 Å². The minimum absolute atomic E-state index is 0.111. The van der Waals surface area contributed by atoms with Gasteiger partial charge in [-0.2, -0.15) is 0 Å². The summed E-state index contributed by atoms with van der Waals surface area (Å²) in [5.41, 5.74) is 5.74. The molecule has 2 saturated heterocycles. The van der Waals surface area contributed by atoms with E-state index in [1.807, 2.05) is 0 Å². The average molecular weight is 590 g/mol. The van der Waals surface area contributed by atoms with Crippen LogP contribution in [0.3, 0.4) is 0 Å². The topological polar surface area (TPSA) is 77.7 Å². The first kappa shape index (κ1) is 28.9. The Hall–Kier alpha value is -3.83. The van der Waals surface area contributed by atoms with Gasteiger partial charge in [-0.3, -0.25) is 0 Å². The summed E-state index contributed by atoms with van der Waals surface area (Å²) in [7, 11) is 16.7. The molecule has 4 aromatic rings. The van der Waals surface area contributed by atoms with Gasteiger partial charge >= 0.3 is 258 Å². The van der Waals surface area contributed by atoms with Crippen LogP contribution in [0.15, 0.2) is 36.4 Å². The monoisotopic (exact) mass is 590 g/mol. The number of piperazine rings is 1. The molecule has 1 aromatic heterocycles. The first-order valence-electron chi connectivity index (χ1n) is 14.9. The van der Waals surface area contributed by atoms with Gasteiger partial charge in [0.15, 0.2) is 0 Å². The predicted molar refractivity (Wildman–Crippen MR) is 174 cm³/mol. The fourth-order valence-electron chi connectivity index (χ4n) is 6.26. The fraction of sp³-hybridized carbons (Fsp3) is 0.355. The first-order valence-corrected chi connectivity index (χ1v) is 14.9. The molecule has 3 aromatic carbocycles. The summed E-state index contributed by atoms with van der Waals surface area (Å²) in [5.74, 6) is -0.401. The van der Waals surface area contributed by atoms with E-state index in [0.29, 0.717) is 44.6 Å². The van der Waals surface area contributed by atoms with E-state index in [2.05, 4.69) is 55.9 Å². The molecule has 0 aliphatic carbocycles. The third-order valence-corrected chi connectivity index (χ3v) is 8.75. The van der Waals surface area contributed by atoms with Crippen LogP contribution in [0.4, 0.5) is 26.0 Å². The second-order valence-corrected chi connectivity index (χ2v) is 11.7. The molecule has 3 aliphatic rings. The molecule has 0 saturated carbocycles. The normalized spacial score (nSPS) is 17.4. The summed E-state index contributed by atoms with van der Waals surface area (Å²) in [6.07, 6.45) is 1.93. The number of halogens is 2. The molecule has 4 radical (unpaired) electrons. The molecule has 0 spiro atoms. The summed E-state index contributed by atoms with van der Waals surface area (Å²) < 4.78 is 40.1. The van der Waals surface area contributed by atoms with Crippen LogP contribution in [0.2, 0.25) is 0 Å². The molecule has 0 amide bonds. The van der Waals surface area contributed by atoms with Crippen LogP contribution >= 0.6 is 0 Å². The number of nitrogens with zero attached hydrogens (tertiary/aromatic N) is 3. The van der Waals surface area contributed by atoms with Crippen LogP contribution in [0.1, 0.15) is 29.5 Å². The molecule has 0 atom stereocenters. The number of hydrogen-bond donors (Lipinski definition) is 3. The third-order valence-electron chi connectivity index (χ3n) is 8.75. The quantitative estimate of drug-likeness (QED) is 0.297. The van der Waals surface area contributed by atoms with Crippen LogP contribution in [0.5, 0.6) is 5.75 Å². The van der Waals surface area contributed by atoms with Crippen LogP contribution in [-0.2, 0) is 11.2 Å². The maximum atomic E-state index is 14.1. The van der Waals surface area contributed by atoms with E-state index < -0.39 is 11.6 Å². The Labute approximate surface area is 258 Å². The van der Waals surface area contributed by atoms with Gasteiger partial charge in [0, 0.05) is 0 Å². The van der Waals surface area contributed by atoms with Crippen LogP contribution < -0.4 is 31.1 Å². The van der Waals surface area contributed by atoms with Gasteiger partial charge in [0.2, 0.25) is 0 Å². The van der Waals surface area contributed by atoms with Crippen molar-refractivity contribution in [3.05, 3.63) is 64.7 Å². The summed E-state index contributed by atoms with van der Waals surface area (Å²) in [5, 5.41) is 15.4. The Morgan fingerprint density at radius 2 is 1.77 bits per heavy atom. The van der Waals surface area contributed by atoms with Crippen molar-refractivity contribution in [1.29, 1.82) is 0 Å². The van der Waals surface area contributed by atoms with E-state index in [9.17, 15) is 8.78 Å². The summed E-state index contributed by atoms with van der Waals surface area (Å²) in [4.78, 5) is 4.75. The molecule has 220 valence electrons. The van der Waals surface area contributed by atoms with Gasteiger partial charge in [-0.05, 0) is 0 Å². The van der Waals surface area contributed by atoms with Gasteiger partial charge in [0.1, 0.15) is 0 Å². The number of H-pyrrole nitrogens is 1. The molecule has 7 rings (SSSR count). The molecular formula is C31H31B3F2N6O2. The van der Waals surface area contributed by atoms with Crippen molar-refractivity contribution < 1.29 is 18.2 Å². The van der Waals surface area contributed by atoms with Crippen molar-refractivity contribution in [3.63, 3.8) is 0 Å². The molecule has 3 aliphatic heterocycles. The number of aromatic amines is 1. The van der Waals surface area contributed by atoms with Crippen molar-refractivity contribution in [3.8, 4) is 5.75 Å². The molecule has 44 heavy (non-hydrogen) atoms. The Bertz CT molecular complexity index is 1730. The standard InChI is InChI=1S/C31H31B3F2N6O2/c1-41-6-8-42(9-7-41)21-2-3-22(24(16-21)37-20-4-10-43-11-5-20)30-34-44-29-23(14-17-12-18(35)15-19(36)13-17)26(32)27(33)28-25(29)31(38-30)40-39-28/h2-3,12-13,15-16,20,37H,4-11,14H2,1H3,(H2,38,39,40). The molecule has 4 heterocycles. The number of aromatic nitrogens is 2. The van der Waals surface area contributed by atoms with Crippen molar-refractivity contribution in [2.24, 2.45) is 0 Å². The Balaban J connectivity index is 1.28. The summed E-state index contributed by atoms with van der Waals surface area (Å²) in [6.45, 7) is 5.37. The minimum atomic E-state index is -0.670.